The number of thiazole rings is 1. The van der Waals surface area contributed by atoms with E-state index in [9.17, 15) is 34.3 Å². The predicted octanol–water partition coefficient (Wildman–Crippen LogP) is 0.982. The van der Waals surface area contributed by atoms with Gasteiger partial charge in [-0.1, -0.05) is 39.9 Å². The topological polar surface area (TPSA) is 264 Å². The fraction of sp³-hybridized carbons (Fsp3) is 0.360. The van der Waals surface area contributed by atoms with Gasteiger partial charge in [0.25, 0.3) is 11.8 Å². The maximum Gasteiger partial charge on any atom is 0.353 e. The molecular formula is C25H27ClN8O8S4. The van der Waals surface area contributed by atoms with Crippen LogP contribution >= 0.6 is 58.2 Å². The van der Waals surface area contributed by atoms with E-state index in [1.165, 1.54) is 35.3 Å². The second-order valence-electron chi connectivity index (χ2n) is 9.53. The van der Waals surface area contributed by atoms with Crippen LogP contribution in [0.4, 0.5) is 5.13 Å². The van der Waals surface area contributed by atoms with Crippen LogP contribution in [0.15, 0.2) is 39.1 Å². The lowest BCUT2D eigenvalue weighted by atomic mass is 10.0. The smallest absolute Gasteiger partial charge is 0.353 e. The quantitative estimate of drug-likeness (QED) is 0.0443. The Balaban J connectivity index is 1.37. The Hall–Kier alpha value is -3.56. The van der Waals surface area contributed by atoms with Gasteiger partial charge >= 0.3 is 11.9 Å². The number of nitrogens with two attached hydrogens (primary N) is 2. The van der Waals surface area contributed by atoms with Crippen LogP contribution in [0, 0.1) is 0 Å². The number of rotatable bonds is 15. The Morgan fingerprint density at radius 1 is 1.28 bits per heavy atom. The maximum absolute atomic E-state index is 13.1. The number of hydrogen-bond donors (Lipinski definition) is 7. The van der Waals surface area contributed by atoms with Gasteiger partial charge in [0.1, 0.15) is 27.1 Å². The van der Waals surface area contributed by atoms with E-state index in [-0.39, 0.29) is 39.5 Å². The molecule has 2 aliphatic heterocycles. The Bertz CT molecular complexity index is 1610. The molecule has 1 fully saturated rings. The molecule has 0 saturated carbocycles. The zero-order valence-corrected chi connectivity index (χ0v) is 27.6. The molecule has 246 valence electrons. The minimum absolute atomic E-state index is 0.0159. The van der Waals surface area contributed by atoms with E-state index in [1.807, 2.05) is 0 Å². The fourth-order valence-corrected chi connectivity index (χ4v) is 8.69. The molecule has 0 aliphatic carbocycles. The van der Waals surface area contributed by atoms with Crippen LogP contribution in [0.25, 0.3) is 0 Å². The Morgan fingerprint density at radius 3 is 2.70 bits per heavy atom. The molecule has 3 amide bonds. The van der Waals surface area contributed by atoms with E-state index in [2.05, 4.69) is 25.8 Å². The molecule has 2 aliphatic rings. The summed E-state index contributed by atoms with van der Waals surface area (Å²) in [6.07, 6.45) is 3.05. The number of amides is 3. The standard InChI is InChI=1S/C25H27ClN8O8S4/c26-19-15(32-25(28)46-19)16(33-42)21(38)31-17-22(39)34-18(24(40)41)13(9-44-23(17)34)45-12-3-4-29-7-10(12)8-43-6-5-30-20(37)11(27)1-2-14(35)36/h3-4,7,11,17,23,42H,1-2,5-6,8-9,27H2,(H2,28,32)(H,30,37)(H,31,38)(H,35,36)(H,40,41)/b33-16-/t11-,17+,23-/m0/s1. The molecule has 9 N–H and O–H groups in total. The van der Waals surface area contributed by atoms with Gasteiger partial charge in [0, 0.05) is 52.4 Å². The van der Waals surface area contributed by atoms with Crippen LogP contribution in [0.5, 0.6) is 0 Å². The molecule has 21 heteroatoms. The fourth-order valence-electron chi connectivity index (χ4n) is 4.27. The lowest BCUT2D eigenvalue weighted by molar-refractivity contribution is -0.150. The predicted molar refractivity (Wildman–Crippen MR) is 174 cm³/mol. The van der Waals surface area contributed by atoms with Crippen molar-refractivity contribution < 1.29 is 39.4 Å². The van der Waals surface area contributed by atoms with Crippen LogP contribution < -0.4 is 22.1 Å². The summed E-state index contributed by atoms with van der Waals surface area (Å²) in [6.45, 7) is 0.310. The summed E-state index contributed by atoms with van der Waals surface area (Å²) in [5.74, 6) is -3.12. The van der Waals surface area contributed by atoms with Gasteiger partial charge < -0.3 is 37.5 Å². The first-order valence-electron chi connectivity index (χ1n) is 13.2. The summed E-state index contributed by atoms with van der Waals surface area (Å²) in [5.41, 5.74) is 11.2. The number of oxime groups is 1. The van der Waals surface area contributed by atoms with Crippen LogP contribution in [-0.2, 0) is 29.7 Å². The molecule has 16 nitrogen and oxygen atoms in total. The number of halogens is 1. The number of thioether (sulfide) groups is 3. The lowest BCUT2D eigenvalue weighted by Crippen LogP contribution is -2.71. The number of pyridine rings is 1. The van der Waals surface area contributed by atoms with Crippen molar-refractivity contribution in [3.8, 4) is 0 Å². The molecule has 0 unspecified atom stereocenters. The first kappa shape index (κ1) is 35.3. The van der Waals surface area contributed by atoms with E-state index in [0.717, 1.165) is 26.7 Å². The highest BCUT2D eigenvalue weighted by molar-refractivity contribution is 8.06. The normalized spacial score (nSPS) is 18.4. The number of aromatic nitrogens is 2. The third kappa shape index (κ3) is 8.23. The summed E-state index contributed by atoms with van der Waals surface area (Å²) < 4.78 is 0.0159. The first-order chi connectivity index (χ1) is 21.9. The molecule has 46 heavy (non-hydrogen) atoms. The van der Waals surface area contributed by atoms with Gasteiger partial charge in [-0.2, -0.15) is 11.8 Å². The van der Waals surface area contributed by atoms with Crippen molar-refractivity contribution in [3.63, 3.8) is 0 Å². The van der Waals surface area contributed by atoms with Crippen molar-refractivity contribution in [2.24, 2.45) is 10.9 Å². The molecular weight excluding hydrogens is 704 g/mol. The number of β-lactam (4-membered cyclic amide) rings is 1. The largest absolute Gasteiger partial charge is 0.481 e. The molecule has 2 aromatic heterocycles. The number of carbonyl (C=O) groups excluding carboxylic acids is 3. The minimum atomic E-state index is -1.31. The number of nitrogen functional groups attached to an aromatic ring is 1. The van der Waals surface area contributed by atoms with Gasteiger partial charge in [0.05, 0.1) is 6.04 Å². The number of nitrogens with one attached hydrogen (secondary N) is 2. The third-order valence-electron chi connectivity index (χ3n) is 6.47. The van der Waals surface area contributed by atoms with Gasteiger partial charge in [-0.25, -0.2) is 9.78 Å². The van der Waals surface area contributed by atoms with Gasteiger partial charge in [0.15, 0.2) is 10.8 Å². The number of anilines is 1. The number of carbonyl (C=O) groups is 5. The zero-order valence-electron chi connectivity index (χ0n) is 23.5. The highest BCUT2D eigenvalue weighted by Gasteiger charge is 2.54. The molecule has 3 atom stereocenters. The van der Waals surface area contributed by atoms with Crippen molar-refractivity contribution in [1.82, 2.24) is 25.5 Å². The number of carboxylic acid groups (broad SMARTS) is 2. The number of hydrogen-bond acceptors (Lipinski definition) is 15. The van der Waals surface area contributed by atoms with E-state index in [4.69, 9.17) is 28.2 Å². The van der Waals surface area contributed by atoms with Crippen LogP contribution in [-0.4, -0.2) is 101 Å². The van der Waals surface area contributed by atoms with Gasteiger partial charge in [-0.3, -0.25) is 29.1 Å². The van der Waals surface area contributed by atoms with Crippen molar-refractivity contribution in [2.75, 3.05) is 23.8 Å². The summed E-state index contributed by atoms with van der Waals surface area (Å²) in [7, 11) is 0. The van der Waals surface area contributed by atoms with Crippen LogP contribution in [0.2, 0.25) is 4.34 Å². The van der Waals surface area contributed by atoms with Gasteiger partial charge in [0.2, 0.25) is 5.91 Å². The van der Waals surface area contributed by atoms with Crippen molar-refractivity contribution in [3.05, 3.63) is 44.7 Å². The number of aliphatic carboxylic acids is 2. The van der Waals surface area contributed by atoms with Crippen LogP contribution in [0.3, 0.4) is 0 Å². The van der Waals surface area contributed by atoms with Crippen LogP contribution in [0.1, 0.15) is 24.1 Å². The highest BCUT2D eigenvalue weighted by atomic mass is 35.5. The minimum Gasteiger partial charge on any atom is -0.481 e. The van der Waals surface area contributed by atoms with E-state index >= 15 is 0 Å². The molecule has 2 aromatic rings. The van der Waals surface area contributed by atoms with E-state index < -0.39 is 52.8 Å². The molecule has 0 radical (unpaired) electrons. The Kier molecular flexibility index (Phi) is 12.1. The average Bonchev–Trinajstić information content (AvgIpc) is 3.35. The van der Waals surface area contributed by atoms with Crippen molar-refractivity contribution >= 4 is 98.7 Å². The number of nitrogens with zero attached hydrogens (tertiary/aromatic N) is 4. The van der Waals surface area contributed by atoms with Gasteiger partial charge in [-0.05, 0) is 18.1 Å². The molecule has 4 heterocycles. The second kappa shape index (κ2) is 15.8. The first-order valence-corrected chi connectivity index (χ1v) is 17.4. The summed E-state index contributed by atoms with van der Waals surface area (Å²) in [6, 6.07) is -0.267. The molecule has 4 rings (SSSR count). The third-order valence-corrected chi connectivity index (χ3v) is 11.2. The molecule has 1 saturated heterocycles. The average molecular weight is 731 g/mol. The molecule has 0 aromatic carbocycles. The highest BCUT2D eigenvalue weighted by Crippen LogP contribution is 2.46. The second-order valence-corrected chi connectivity index (χ2v) is 14.5. The summed E-state index contributed by atoms with van der Waals surface area (Å²) in [4.78, 5) is 71.4. The monoisotopic (exact) mass is 730 g/mol. The molecule has 0 bridgehead atoms. The van der Waals surface area contributed by atoms with E-state index in [0.29, 0.717) is 23.0 Å². The Labute approximate surface area is 282 Å². The van der Waals surface area contributed by atoms with Crippen molar-refractivity contribution in [2.45, 2.75) is 40.9 Å². The lowest BCUT2D eigenvalue weighted by Gasteiger charge is -2.49. The number of carboxylic acids is 2. The van der Waals surface area contributed by atoms with E-state index in [1.54, 1.807) is 18.5 Å². The molecule has 0 spiro atoms. The van der Waals surface area contributed by atoms with Crippen molar-refractivity contribution in [1.29, 1.82) is 0 Å². The summed E-state index contributed by atoms with van der Waals surface area (Å²) >= 11 is 10.8. The SMILES string of the molecule is Nc1nc(/C(=N/O)C(=O)N[C@@H]2C(=O)N3C(C(=O)O)=C(Sc4ccncc4CSCCNC(=O)[C@@H](N)CCC(=O)O)CS[C@@H]23)c(Cl)s1. The maximum atomic E-state index is 13.1. The summed E-state index contributed by atoms with van der Waals surface area (Å²) in [5, 5.41) is 35.7. The number of fused-ring (bicyclic) bond motifs is 1. The van der Waals surface area contributed by atoms with Gasteiger partial charge in [-0.15, -0.1) is 11.8 Å². The Morgan fingerprint density at radius 2 is 2.04 bits per heavy atom. The zero-order chi connectivity index (χ0) is 33.5.